The lowest BCUT2D eigenvalue weighted by Gasteiger charge is -2.40. The third-order valence-corrected chi connectivity index (χ3v) is 6.56. The summed E-state index contributed by atoms with van der Waals surface area (Å²) in [6.45, 7) is 5.29. The smallest absolute Gasteiger partial charge is 0.168 e. The van der Waals surface area contributed by atoms with E-state index >= 15 is 0 Å². The fraction of sp³-hybridized carbons (Fsp3) is 0.409. The molecule has 1 atom stereocenters. The van der Waals surface area contributed by atoms with Crippen molar-refractivity contribution in [2.75, 3.05) is 29.4 Å². The van der Waals surface area contributed by atoms with Gasteiger partial charge in [0.25, 0.3) is 0 Å². The van der Waals surface area contributed by atoms with Crippen molar-refractivity contribution < 1.29 is 4.79 Å². The Balaban J connectivity index is 1.45. The molecule has 6 heteroatoms. The number of anilines is 2. The molecular formula is C22H23ClN4O. The van der Waals surface area contributed by atoms with E-state index in [1.165, 1.54) is 6.42 Å². The Morgan fingerprint density at radius 3 is 2.61 bits per heavy atom. The highest BCUT2D eigenvalue weighted by Crippen LogP contribution is 2.45. The highest BCUT2D eigenvalue weighted by Gasteiger charge is 2.44. The first-order valence-electron chi connectivity index (χ1n) is 9.66. The van der Waals surface area contributed by atoms with E-state index in [1.807, 2.05) is 24.3 Å². The molecule has 2 aliphatic heterocycles. The van der Waals surface area contributed by atoms with E-state index in [2.05, 4.69) is 27.8 Å². The molecule has 28 heavy (non-hydrogen) atoms. The molecule has 2 aromatic rings. The third-order valence-electron chi connectivity index (χ3n) is 6.25. The van der Waals surface area contributed by atoms with Crippen molar-refractivity contribution in [2.45, 2.75) is 32.2 Å². The number of piperidine rings is 1. The number of aromatic nitrogens is 1. The van der Waals surface area contributed by atoms with Crippen LogP contribution in [-0.2, 0) is 0 Å². The minimum atomic E-state index is 0.312. The lowest BCUT2D eigenvalue weighted by Crippen LogP contribution is -2.41. The average Bonchev–Trinajstić information content (AvgIpc) is 3.04. The van der Waals surface area contributed by atoms with Crippen LogP contribution in [-0.4, -0.2) is 36.9 Å². The molecule has 0 bridgehead atoms. The molecule has 5 nitrogen and oxygen atoms in total. The molecule has 0 radical (unpaired) electrons. The Labute approximate surface area is 170 Å². The predicted octanol–water partition coefficient (Wildman–Crippen LogP) is 4.30. The van der Waals surface area contributed by atoms with E-state index in [0.29, 0.717) is 27.7 Å². The molecule has 2 saturated heterocycles. The number of hydrogen-bond donors (Lipinski definition) is 0. The number of benzene rings is 1. The van der Waals surface area contributed by atoms with Gasteiger partial charge in [0.05, 0.1) is 22.5 Å². The molecule has 0 aliphatic carbocycles. The van der Waals surface area contributed by atoms with Crippen LogP contribution in [0.25, 0.3) is 0 Å². The Hall–Kier alpha value is -2.58. The van der Waals surface area contributed by atoms with Crippen molar-refractivity contribution in [1.29, 1.82) is 5.26 Å². The molecule has 0 saturated carbocycles. The number of aldehydes is 1. The van der Waals surface area contributed by atoms with E-state index in [-0.39, 0.29) is 0 Å². The Bertz CT molecular complexity index is 913. The number of nitrogens with zero attached hydrogens (tertiary/aromatic N) is 4. The first-order valence-corrected chi connectivity index (χ1v) is 10.0. The topological polar surface area (TPSA) is 60.2 Å². The lowest BCUT2D eigenvalue weighted by molar-refractivity contribution is 0.111. The largest absolute Gasteiger partial charge is 0.370 e. The van der Waals surface area contributed by atoms with Gasteiger partial charge in [0, 0.05) is 31.4 Å². The van der Waals surface area contributed by atoms with Crippen LogP contribution in [0.3, 0.4) is 0 Å². The van der Waals surface area contributed by atoms with Gasteiger partial charge in [-0.25, -0.2) is 0 Å². The van der Waals surface area contributed by atoms with Gasteiger partial charge in [-0.15, -0.1) is 0 Å². The second kappa shape index (κ2) is 7.44. The molecule has 2 fully saturated rings. The average molecular weight is 395 g/mol. The number of carbonyl (C=O) groups is 1. The molecule has 4 rings (SSSR count). The summed E-state index contributed by atoms with van der Waals surface area (Å²) < 4.78 is 0. The van der Waals surface area contributed by atoms with Gasteiger partial charge in [-0.3, -0.25) is 9.78 Å². The fourth-order valence-electron chi connectivity index (χ4n) is 4.69. The summed E-state index contributed by atoms with van der Waals surface area (Å²) >= 11 is 6.26. The second-order valence-corrected chi connectivity index (χ2v) is 8.41. The van der Waals surface area contributed by atoms with Crippen LogP contribution in [0.1, 0.15) is 42.2 Å². The van der Waals surface area contributed by atoms with Gasteiger partial charge in [0.15, 0.2) is 6.29 Å². The zero-order valence-corrected chi connectivity index (χ0v) is 16.7. The normalized spacial score (nSPS) is 21.0. The van der Waals surface area contributed by atoms with E-state index < -0.39 is 0 Å². The summed E-state index contributed by atoms with van der Waals surface area (Å²) in [5.74, 6) is 0. The van der Waals surface area contributed by atoms with E-state index in [9.17, 15) is 4.79 Å². The number of carbonyl (C=O) groups excluding carboxylic acids is 1. The van der Waals surface area contributed by atoms with Gasteiger partial charge >= 0.3 is 0 Å². The van der Waals surface area contributed by atoms with Crippen LogP contribution in [0.4, 0.5) is 11.4 Å². The number of pyridine rings is 1. The number of rotatable bonds is 3. The van der Waals surface area contributed by atoms with E-state index in [1.54, 1.807) is 12.3 Å². The second-order valence-electron chi connectivity index (χ2n) is 8.00. The van der Waals surface area contributed by atoms with E-state index in [0.717, 1.165) is 50.1 Å². The third kappa shape index (κ3) is 3.45. The van der Waals surface area contributed by atoms with Crippen molar-refractivity contribution in [2.24, 2.45) is 5.41 Å². The molecular weight excluding hydrogens is 372 g/mol. The van der Waals surface area contributed by atoms with Crippen molar-refractivity contribution in [3.05, 3.63) is 52.8 Å². The zero-order valence-electron chi connectivity index (χ0n) is 15.9. The molecule has 3 heterocycles. The minimum absolute atomic E-state index is 0.312. The first-order chi connectivity index (χ1) is 13.5. The van der Waals surface area contributed by atoms with Crippen LogP contribution in [0.5, 0.6) is 0 Å². The van der Waals surface area contributed by atoms with Crippen molar-refractivity contribution in [3.63, 3.8) is 0 Å². The lowest BCUT2D eigenvalue weighted by atomic mass is 9.76. The highest BCUT2D eigenvalue weighted by molar-refractivity contribution is 6.32. The van der Waals surface area contributed by atoms with E-state index in [4.69, 9.17) is 16.9 Å². The van der Waals surface area contributed by atoms with Crippen molar-refractivity contribution in [1.82, 2.24) is 4.98 Å². The summed E-state index contributed by atoms with van der Waals surface area (Å²) in [6, 6.07) is 12.1. The molecule has 2 aliphatic rings. The number of hydrogen-bond acceptors (Lipinski definition) is 5. The van der Waals surface area contributed by atoms with Crippen LogP contribution < -0.4 is 9.80 Å². The minimum Gasteiger partial charge on any atom is -0.370 e. The van der Waals surface area contributed by atoms with Gasteiger partial charge < -0.3 is 9.80 Å². The van der Waals surface area contributed by atoms with Crippen molar-refractivity contribution in [3.8, 4) is 6.07 Å². The van der Waals surface area contributed by atoms with Gasteiger partial charge in [0.2, 0.25) is 0 Å². The highest BCUT2D eigenvalue weighted by atomic mass is 35.5. The monoisotopic (exact) mass is 394 g/mol. The van der Waals surface area contributed by atoms with Gasteiger partial charge in [0.1, 0.15) is 11.8 Å². The molecule has 1 unspecified atom stereocenters. The number of halogens is 1. The molecule has 1 spiro atoms. The molecule has 144 valence electrons. The molecule has 0 N–H and O–H groups in total. The standard InChI is InChI=1S/C22H23ClN4O/c1-16-11-22(15-27(16)19-4-2-17(12-24)21(23)10-19)6-8-26(9-7-22)20-5-3-18(14-28)25-13-20/h2-5,10,13-14,16H,6-9,11,15H2,1H3. The summed E-state index contributed by atoms with van der Waals surface area (Å²) in [5.41, 5.74) is 3.49. The van der Waals surface area contributed by atoms with Gasteiger partial charge in [-0.1, -0.05) is 11.6 Å². The van der Waals surface area contributed by atoms with Crippen LogP contribution >= 0.6 is 11.6 Å². The quantitative estimate of drug-likeness (QED) is 0.726. The Kier molecular flexibility index (Phi) is 4.99. The van der Waals surface area contributed by atoms with Crippen LogP contribution in [0.2, 0.25) is 5.02 Å². The zero-order chi connectivity index (χ0) is 19.7. The molecule has 1 aromatic heterocycles. The Morgan fingerprint density at radius 1 is 1.25 bits per heavy atom. The maximum absolute atomic E-state index is 10.8. The molecule has 0 amide bonds. The summed E-state index contributed by atoms with van der Waals surface area (Å²) in [7, 11) is 0. The first kappa shape index (κ1) is 18.8. The summed E-state index contributed by atoms with van der Waals surface area (Å²) in [6.07, 6.45) is 6.00. The number of nitriles is 1. The predicted molar refractivity (Wildman–Crippen MR) is 111 cm³/mol. The Morgan fingerprint density at radius 2 is 2.00 bits per heavy atom. The van der Waals surface area contributed by atoms with Gasteiger partial charge in [-0.05, 0) is 61.9 Å². The van der Waals surface area contributed by atoms with Crippen LogP contribution in [0, 0.1) is 16.7 Å². The maximum atomic E-state index is 10.8. The summed E-state index contributed by atoms with van der Waals surface area (Å²) in [5, 5.41) is 9.62. The summed E-state index contributed by atoms with van der Waals surface area (Å²) in [4.78, 5) is 19.8. The van der Waals surface area contributed by atoms with Crippen LogP contribution in [0.15, 0.2) is 36.5 Å². The van der Waals surface area contributed by atoms with Crippen molar-refractivity contribution >= 4 is 29.3 Å². The fourth-order valence-corrected chi connectivity index (χ4v) is 4.91. The SMILES string of the molecule is CC1CC2(CCN(c3ccc(C=O)nc3)CC2)CN1c1ccc(C#N)c(Cl)c1. The maximum Gasteiger partial charge on any atom is 0.168 e. The molecule has 1 aromatic carbocycles. The van der Waals surface area contributed by atoms with Gasteiger partial charge in [-0.2, -0.15) is 5.26 Å².